The average molecular weight is 327 g/mol. The summed E-state index contributed by atoms with van der Waals surface area (Å²) in [7, 11) is 0. The van der Waals surface area contributed by atoms with Crippen molar-refractivity contribution in [2.45, 2.75) is 51.6 Å². The van der Waals surface area contributed by atoms with Gasteiger partial charge in [0.1, 0.15) is 6.10 Å². The number of alkyl carbamates (subject to hydrolysis) is 1. The third-order valence-corrected chi connectivity index (χ3v) is 3.30. The molecule has 23 heavy (non-hydrogen) atoms. The third kappa shape index (κ3) is 9.55. The van der Waals surface area contributed by atoms with E-state index in [4.69, 9.17) is 9.47 Å². The number of rotatable bonds is 8. The lowest BCUT2D eigenvalue weighted by molar-refractivity contribution is -0.140. The molecule has 7 nitrogen and oxygen atoms in total. The highest BCUT2D eigenvalue weighted by Gasteiger charge is 2.17. The smallest absolute Gasteiger partial charge is 0.407 e. The first-order valence-electron chi connectivity index (χ1n) is 8.08. The first-order valence-corrected chi connectivity index (χ1v) is 8.08. The predicted molar refractivity (Wildman–Crippen MR) is 82.7 cm³/mol. The Kier molecular flexibility index (Phi) is 9.51. The Morgan fingerprint density at radius 2 is 1.70 bits per heavy atom. The number of hydrogen-bond acceptors (Lipinski definition) is 6. The van der Waals surface area contributed by atoms with Gasteiger partial charge in [-0.25, -0.2) is 14.4 Å². The molecule has 1 aliphatic rings. The Morgan fingerprint density at radius 1 is 1.04 bits per heavy atom. The lowest BCUT2D eigenvalue weighted by atomic mass is 9.98. The van der Waals surface area contributed by atoms with Crippen molar-refractivity contribution < 1.29 is 28.6 Å². The second kappa shape index (κ2) is 11.5. The van der Waals surface area contributed by atoms with Crippen molar-refractivity contribution in [1.82, 2.24) is 5.32 Å². The normalized spacial score (nSPS) is 15.2. The highest BCUT2D eigenvalue weighted by Crippen LogP contribution is 2.20. The Labute approximate surface area is 136 Å². The number of ether oxygens (including phenoxy) is 3. The number of hydrogen-bond donors (Lipinski definition) is 1. The van der Waals surface area contributed by atoms with Crippen molar-refractivity contribution >= 4 is 18.0 Å². The molecule has 0 heterocycles. The summed E-state index contributed by atoms with van der Waals surface area (Å²) in [4.78, 5) is 33.8. The molecule has 1 rings (SSSR count). The van der Waals surface area contributed by atoms with Gasteiger partial charge in [0.25, 0.3) is 0 Å². The maximum atomic E-state index is 11.5. The van der Waals surface area contributed by atoms with Crippen LogP contribution in [0.5, 0.6) is 0 Å². The summed E-state index contributed by atoms with van der Waals surface area (Å²) in [5, 5.41) is 2.63. The highest BCUT2D eigenvalue weighted by atomic mass is 16.6. The lowest BCUT2D eigenvalue weighted by Gasteiger charge is -2.21. The van der Waals surface area contributed by atoms with E-state index in [2.05, 4.69) is 10.1 Å². The van der Waals surface area contributed by atoms with Gasteiger partial charge >= 0.3 is 18.0 Å². The van der Waals surface area contributed by atoms with Crippen LogP contribution in [0.1, 0.15) is 45.4 Å². The molecule has 1 saturated carbocycles. The van der Waals surface area contributed by atoms with Crippen LogP contribution in [0.15, 0.2) is 12.2 Å². The molecule has 1 amide bonds. The Bertz CT molecular complexity index is 415. The molecule has 1 aliphatic carbocycles. The Morgan fingerprint density at radius 3 is 2.35 bits per heavy atom. The van der Waals surface area contributed by atoms with Gasteiger partial charge in [-0.15, -0.1) is 0 Å². The van der Waals surface area contributed by atoms with E-state index in [1.807, 2.05) is 0 Å². The van der Waals surface area contributed by atoms with Gasteiger partial charge in [-0.2, -0.15) is 0 Å². The Balaban J connectivity index is 2.02. The fraction of sp³-hybridized carbons (Fsp3) is 0.688. The zero-order chi connectivity index (χ0) is 16.9. The number of nitrogens with one attached hydrogen (secondary N) is 1. The molecule has 130 valence electrons. The maximum absolute atomic E-state index is 11.5. The molecular formula is C16H25NO6. The van der Waals surface area contributed by atoms with Gasteiger partial charge in [-0.05, 0) is 39.0 Å². The number of amides is 1. The minimum absolute atomic E-state index is 0.0228. The molecule has 0 unspecified atom stereocenters. The van der Waals surface area contributed by atoms with Gasteiger partial charge in [0.05, 0.1) is 13.2 Å². The van der Waals surface area contributed by atoms with Crippen LogP contribution in [0.2, 0.25) is 0 Å². The van der Waals surface area contributed by atoms with E-state index in [9.17, 15) is 14.4 Å². The van der Waals surface area contributed by atoms with E-state index >= 15 is 0 Å². The lowest BCUT2D eigenvalue weighted by Crippen LogP contribution is -2.31. The van der Waals surface area contributed by atoms with E-state index in [-0.39, 0.29) is 19.3 Å². The first kappa shape index (κ1) is 19.0. The molecule has 0 aromatic heterocycles. The fourth-order valence-electron chi connectivity index (χ4n) is 2.19. The van der Waals surface area contributed by atoms with Gasteiger partial charge in [0.2, 0.25) is 0 Å². The van der Waals surface area contributed by atoms with Crippen LogP contribution in [0.25, 0.3) is 0 Å². The fourth-order valence-corrected chi connectivity index (χ4v) is 2.19. The molecule has 0 aliphatic heterocycles. The summed E-state index contributed by atoms with van der Waals surface area (Å²) < 4.78 is 14.8. The quantitative estimate of drug-likeness (QED) is 0.318. The molecule has 7 heteroatoms. The van der Waals surface area contributed by atoms with Crippen LogP contribution in [0.4, 0.5) is 4.79 Å². The van der Waals surface area contributed by atoms with Crippen molar-refractivity contribution in [3.05, 3.63) is 12.2 Å². The summed E-state index contributed by atoms with van der Waals surface area (Å²) in [6, 6.07) is 0. The van der Waals surface area contributed by atoms with Gasteiger partial charge in [-0.1, -0.05) is 6.42 Å². The maximum Gasteiger partial charge on any atom is 0.407 e. The highest BCUT2D eigenvalue weighted by molar-refractivity contribution is 5.91. The van der Waals surface area contributed by atoms with E-state index in [1.165, 1.54) is 6.42 Å². The van der Waals surface area contributed by atoms with Crippen LogP contribution < -0.4 is 5.32 Å². The summed E-state index contributed by atoms with van der Waals surface area (Å²) >= 11 is 0. The summed E-state index contributed by atoms with van der Waals surface area (Å²) in [6.45, 7) is 2.44. The van der Waals surface area contributed by atoms with Crippen molar-refractivity contribution in [1.29, 1.82) is 0 Å². The molecule has 0 atom stereocenters. The topological polar surface area (TPSA) is 90.9 Å². The molecular weight excluding hydrogens is 302 g/mol. The van der Waals surface area contributed by atoms with Crippen LogP contribution in [-0.4, -0.2) is 43.9 Å². The van der Waals surface area contributed by atoms with Crippen LogP contribution >= 0.6 is 0 Å². The standard InChI is InChI=1S/C16H25NO6/c1-2-21-14(18)9-10-15(19)22-12-6-11-17-16(20)23-13-7-4-3-5-8-13/h9-10,13H,2-8,11-12H2,1H3,(H,17,20)/b10-9+. The minimum Gasteiger partial charge on any atom is -0.463 e. The van der Waals surface area contributed by atoms with Crippen molar-refractivity contribution in [2.24, 2.45) is 0 Å². The predicted octanol–water partition coefficient (Wildman–Crippen LogP) is 2.10. The molecule has 0 saturated heterocycles. The Hall–Kier alpha value is -2.05. The van der Waals surface area contributed by atoms with E-state index < -0.39 is 18.0 Å². The monoisotopic (exact) mass is 327 g/mol. The van der Waals surface area contributed by atoms with Crippen molar-refractivity contribution in [3.8, 4) is 0 Å². The summed E-state index contributed by atoms with van der Waals surface area (Å²) in [5.74, 6) is -1.21. The molecule has 0 spiro atoms. The average Bonchev–Trinajstić information content (AvgIpc) is 2.54. The van der Waals surface area contributed by atoms with E-state index in [0.717, 1.165) is 37.8 Å². The summed E-state index contributed by atoms with van der Waals surface area (Å²) in [5.41, 5.74) is 0. The molecule has 0 aromatic rings. The van der Waals surface area contributed by atoms with Gasteiger partial charge < -0.3 is 19.5 Å². The minimum atomic E-state index is -0.622. The third-order valence-electron chi connectivity index (χ3n) is 3.30. The van der Waals surface area contributed by atoms with Crippen LogP contribution in [0, 0.1) is 0 Å². The zero-order valence-corrected chi connectivity index (χ0v) is 13.5. The molecule has 0 aromatic carbocycles. The van der Waals surface area contributed by atoms with Gasteiger partial charge in [0.15, 0.2) is 0 Å². The largest absolute Gasteiger partial charge is 0.463 e. The van der Waals surface area contributed by atoms with Gasteiger partial charge in [-0.3, -0.25) is 0 Å². The van der Waals surface area contributed by atoms with Crippen molar-refractivity contribution in [3.63, 3.8) is 0 Å². The SMILES string of the molecule is CCOC(=O)/C=C/C(=O)OCCCNC(=O)OC1CCCCC1. The van der Waals surface area contributed by atoms with E-state index in [0.29, 0.717) is 13.0 Å². The molecule has 1 N–H and O–H groups in total. The zero-order valence-electron chi connectivity index (χ0n) is 13.5. The number of carbonyl (C=O) groups is 3. The molecule has 0 bridgehead atoms. The number of esters is 2. The second-order valence-electron chi connectivity index (χ2n) is 5.20. The van der Waals surface area contributed by atoms with Gasteiger partial charge in [0, 0.05) is 18.7 Å². The summed E-state index contributed by atoms with van der Waals surface area (Å²) in [6.07, 6.45) is 7.38. The molecule has 1 fully saturated rings. The van der Waals surface area contributed by atoms with Crippen molar-refractivity contribution in [2.75, 3.05) is 19.8 Å². The van der Waals surface area contributed by atoms with Crippen LogP contribution in [-0.2, 0) is 23.8 Å². The molecule has 0 radical (unpaired) electrons. The second-order valence-corrected chi connectivity index (χ2v) is 5.20. The first-order chi connectivity index (χ1) is 11.1. The van der Waals surface area contributed by atoms with E-state index in [1.54, 1.807) is 6.92 Å². The van der Waals surface area contributed by atoms with Crippen LogP contribution in [0.3, 0.4) is 0 Å². The number of carbonyl (C=O) groups excluding carboxylic acids is 3.